The number of rotatable bonds is 5. The van der Waals surface area contributed by atoms with Crippen molar-refractivity contribution in [2.24, 2.45) is 11.1 Å². The fourth-order valence-corrected chi connectivity index (χ4v) is 4.70. The summed E-state index contributed by atoms with van der Waals surface area (Å²) in [5.41, 5.74) is 0. The zero-order chi connectivity index (χ0) is 14.8. The normalized spacial score (nSPS) is 16.5. The highest BCUT2D eigenvalue weighted by Gasteiger charge is 2.19. The van der Waals surface area contributed by atoms with Crippen LogP contribution in [0.15, 0.2) is 11.0 Å². The molecule has 1 saturated carbocycles. The van der Waals surface area contributed by atoms with Crippen molar-refractivity contribution in [2.75, 3.05) is 6.54 Å². The molecule has 1 aliphatic carbocycles. The molecule has 0 radical (unpaired) electrons. The van der Waals surface area contributed by atoms with Crippen LogP contribution in [0.25, 0.3) is 0 Å². The van der Waals surface area contributed by atoms with Gasteiger partial charge in [0.15, 0.2) is 0 Å². The topological polar surface area (TPSA) is 89.3 Å². The fraction of sp³-hybridized carbons (Fsp3) is 0.615. The zero-order valence-corrected chi connectivity index (χ0v) is 13.1. The van der Waals surface area contributed by atoms with E-state index >= 15 is 0 Å². The summed E-state index contributed by atoms with van der Waals surface area (Å²) in [5.74, 6) is 0.506. The van der Waals surface area contributed by atoms with Gasteiger partial charge in [0.1, 0.15) is 0 Å². The average molecular weight is 316 g/mol. The van der Waals surface area contributed by atoms with Gasteiger partial charge in [-0.15, -0.1) is 11.3 Å². The molecule has 0 aromatic carbocycles. The summed E-state index contributed by atoms with van der Waals surface area (Å²) in [6.45, 7) is 2.30. The second kappa shape index (κ2) is 6.24. The van der Waals surface area contributed by atoms with Gasteiger partial charge in [-0.2, -0.15) is 0 Å². The fourth-order valence-electron chi connectivity index (χ4n) is 2.64. The SMILES string of the molecule is Cc1sc(C(=O)NCCC2CCCC2)cc1S(N)(=O)=O. The second-order valence-electron chi connectivity index (χ2n) is 5.27. The summed E-state index contributed by atoms with van der Waals surface area (Å²) in [4.78, 5) is 13.0. The van der Waals surface area contributed by atoms with Gasteiger partial charge in [-0.05, 0) is 25.3 Å². The summed E-state index contributed by atoms with van der Waals surface area (Å²) in [6, 6.07) is 1.36. The summed E-state index contributed by atoms with van der Waals surface area (Å²) in [5, 5.41) is 7.95. The monoisotopic (exact) mass is 316 g/mol. The van der Waals surface area contributed by atoms with Crippen LogP contribution < -0.4 is 10.5 Å². The number of nitrogens with two attached hydrogens (primary N) is 1. The Labute approximate surface area is 123 Å². The Hall–Kier alpha value is -0.920. The van der Waals surface area contributed by atoms with Crippen LogP contribution in [0.5, 0.6) is 0 Å². The average Bonchev–Trinajstić information content (AvgIpc) is 2.97. The van der Waals surface area contributed by atoms with E-state index in [2.05, 4.69) is 5.32 Å². The van der Waals surface area contributed by atoms with E-state index in [1.165, 1.54) is 31.7 Å². The Morgan fingerprint density at radius 3 is 2.65 bits per heavy atom. The van der Waals surface area contributed by atoms with E-state index in [4.69, 9.17) is 5.14 Å². The smallest absolute Gasteiger partial charge is 0.261 e. The molecule has 0 atom stereocenters. The van der Waals surface area contributed by atoms with E-state index in [1.54, 1.807) is 6.92 Å². The first-order chi connectivity index (χ1) is 9.38. The van der Waals surface area contributed by atoms with Crippen LogP contribution in [-0.4, -0.2) is 20.9 Å². The number of thiophene rings is 1. The number of carbonyl (C=O) groups excluding carboxylic acids is 1. The number of aryl methyl sites for hydroxylation is 1. The lowest BCUT2D eigenvalue weighted by atomic mass is 10.0. The minimum absolute atomic E-state index is 0.0449. The molecule has 1 amide bonds. The third-order valence-corrected chi connectivity index (χ3v) is 5.93. The van der Waals surface area contributed by atoms with Gasteiger partial charge in [0, 0.05) is 11.4 Å². The van der Waals surface area contributed by atoms with Crippen molar-refractivity contribution in [2.45, 2.75) is 43.9 Å². The van der Waals surface area contributed by atoms with Crippen molar-refractivity contribution in [1.82, 2.24) is 5.32 Å². The molecule has 1 aromatic rings. The molecule has 7 heteroatoms. The largest absolute Gasteiger partial charge is 0.351 e. The van der Waals surface area contributed by atoms with Gasteiger partial charge in [-0.1, -0.05) is 25.7 Å². The standard InChI is InChI=1S/C13H20N2O3S2/c1-9-12(20(14,17)18)8-11(19-9)13(16)15-7-6-10-4-2-3-5-10/h8,10H,2-7H2,1H3,(H,15,16)(H2,14,17,18). The number of hydrogen-bond donors (Lipinski definition) is 2. The maximum atomic E-state index is 12.0. The Balaban J connectivity index is 1.92. The molecule has 0 saturated heterocycles. The first-order valence-corrected chi connectivity index (χ1v) is 9.15. The lowest BCUT2D eigenvalue weighted by Gasteiger charge is -2.08. The van der Waals surface area contributed by atoms with E-state index in [1.807, 2.05) is 0 Å². The summed E-state index contributed by atoms with van der Waals surface area (Å²) < 4.78 is 22.7. The van der Waals surface area contributed by atoms with Crippen LogP contribution >= 0.6 is 11.3 Å². The number of nitrogens with one attached hydrogen (secondary N) is 1. The second-order valence-corrected chi connectivity index (χ2v) is 8.06. The molecule has 0 spiro atoms. The number of carbonyl (C=O) groups is 1. The highest BCUT2D eigenvalue weighted by molar-refractivity contribution is 7.89. The predicted molar refractivity (Wildman–Crippen MR) is 79.3 cm³/mol. The van der Waals surface area contributed by atoms with Crippen molar-refractivity contribution in [1.29, 1.82) is 0 Å². The first-order valence-electron chi connectivity index (χ1n) is 6.79. The lowest BCUT2D eigenvalue weighted by molar-refractivity contribution is 0.0955. The van der Waals surface area contributed by atoms with Crippen molar-refractivity contribution in [3.8, 4) is 0 Å². The molecular formula is C13H20N2O3S2. The predicted octanol–water partition coefficient (Wildman–Crippen LogP) is 2.01. The van der Waals surface area contributed by atoms with E-state index in [-0.39, 0.29) is 10.8 Å². The van der Waals surface area contributed by atoms with E-state index in [0.717, 1.165) is 23.7 Å². The summed E-state index contributed by atoms with van der Waals surface area (Å²) in [6.07, 6.45) is 6.09. The molecule has 1 fully saturated rings. The van der Waals surface area contributed by atoms with Gasteiger partial charge < -0.3 is 5.32 Å². The molecule has 0 unspecified atom stereocenters. The number of primary sulfonamides is 1. The third kappa shape index (κ3) is 3.80. The molecule has 20 heavy (non-hydrogen) atoms. The van der Waals surface area contributed by atoms with E-state index in [0.29, 0.717) is 16.3 Å². The first kappa shape index (κ1) is 15.5. The maximum Gasteiger partial charge on any atom is 0.261 e. The van der Waals surface area contributed by atoms with Crippen LogP contribution in [0.3, 0.4) is 0 Å². The van der Waals surface area contributed by atoms with Crippen LogP contribution in [0.2, 0.25) is 0 Å². The van der Waals surface area contributed by atoms with Crippen LogP contribution in [0.4, 0.5) is 0 Å². The highest BCUT2D eigenvalue weighted by atomic mass is 32.2. The molecular weight excluding hydrogens is 296 g/mol. The molecule has 5 nitrogen and oxygen atoms in total. The van der Waals surface area contributed by atoms with E-state index < -0.39 is 10.0 Å². The van der Waals surface area contributed by atoms with Crippen molar-refractivity contribution in [3.63, 3.8) is 0 Å². The van der Waals surface area contributed by atoms with Crippen molar-refractivity contribution in [3.05, 3.63) is 15.8 Å². The molecule has 3 N–H and O–H groups in total. The van der Waals surface area contributed by atoms with Gasteiger partial charge >= 0.3 is 0 Å². The highest BCUT2D eigenvalue weighted by Crippen LogP contribution is 2.27. The Morgan fingerprint density at radius 2 is 2.10 bits per heavy atom. The van der Waals surface area contributed by atoms with Crippen LogP contribution in [-0.2, 0) is 10.0 Å². The number of sulfonamides is 1. The van der Waals surface area contributed by atoms with Gasteiger partial charge in [-0.3, -0.25) is 4.79 Å². The van der Waals surface area contributed by atoms with Gasteiger partial charge in [0.2, 0.25) is 10.0 Å². The Kier molecular flexibility index (Phi) is 4.82. The summed E-state index contributed by atoms with van der Waals surface area (Å²) in [7, 11) is -3.75. The molecule has 112 valence electrons. The lowest BCUT2D eigenvalue weighted by Crippen LogP contribution is -2.24. The van der Waals surface area contributed by atoms with Gasteiger partial charge in [-0.25, -0.2) is 13.6 Å². The minimum Gasteiger partial charge on any atom is -0.351 e. The van der Waals surface area contributed by atoms with Gasteiger partial charge in [0.05, 0.1) is 9.77 Å². The Bertz CT molecular complexity index is 587. The molecule has 1 aliphatic rings. The zero-order valence-electron chi connectivity index (χ0n) is 11.5. The third-order valence-electron chi connectivity index (χ3n) is 3.72. The van der Waals surface area contributed by atoms with Crippen LogP contribution in [0, 0.1) is 12.8 Å². The van der Waals surface area contributed by atoms with Crippen molar-refractivity contribution >= 4 is 27.3 Å². The summed E-state index contributed by atoms with van der Waals surface area (Å²) >= 11 is 1.16. The quantitative estimate of drug-likeness (QED) is 0.871. The van der Waals surface area contributed by atoms with Crippen LogP contribution in [0.1, 0.15) is 46.7 Å². The van der Waals surface area contributed by atoms with Gasteiger partial charge in [0.25, 0.3) is 5.91 Å². The van der Waals surface area contributed by atoms with Crippen molar-refractivity contribution < 1.29 is 13.2 Å². The number of hydrogen-bond acceptors (Lipinski definition) is 4. The van der Waals surface area contributed by atoms with E-state index in [9.17, 15) is 13.2 Å². The molecule has 1 aromatic heterocycles. The minimum atomic E-state index is -3.75. The molecule has 0 aliphatic heterocycles. The Morgan fingerprint density at radius 1 is 1.45 bits per heavy atom. The molecule has 1 heterocycles. The molecule has 0 bridgehead atoms. The maximum absolute atomic E-state index is 12.0. The number of amides is 1. The molecule has 2 rings (SSSR count).